The topological polar surface area (TPSA) is 87.6 Å². The lowest BCUT2D eigenvalue weighted by Gasteiger charge is -2.26. The molecule has 3 rings (SSSR count). The second kappa shape index (κ2) is 12.1. The summed E-state index contributed by atoms with van der Waals surface area (Å²) in [4.78, 5) is 22.0. The highest BCUT2D eigenvalue weighted by Crippen LogP contribution is 2.27. The van der Waals surface area contributed by atoms with Crippen LogP contribution in [0, 0.1) is 0 Å². The minimum atomic E-state index is -4.76. The number of anilines is 1. The smallest absolute Gasteiger partial charge is 0.406 e. The molecule has 0 radical (unpaired) electrons. The molecule has 1 aromatic heterocycles. The molecule has 0 unspecified atom stereocenters. The first kappa shape index (κ1) is 24.4. The molecule has 2 heterocycles. The summed E-state index contributed by atoms with van der Waals surface area (Å²) in [6.45, 7) is 5.58. The van der Waals surface area contributed by atoms with E-state index in [1.54, 1.807) is 4.90 Å². The fraction of sp³-hybridized carbons (Fsp3) is 0.526. The van der Waals surface area contributed by atoms with Gasteiger partial charge >= 0.3 is 6.36 Å². The summed E-state index contributed by atoms with van der Waals surface area (Å²) in [5, 5.41) is 10.5. The number of carbonyl (C=O) groups is 1. The number of benzene rings is 1. The highest BCUT2D eigenvalue weighted by molar-refractivity contribution is 5.91. The first-order valence-electron chi connectivity index (χ1n) is 9.39. The second-order valence-corrected chi connectivity index (χ2v) is 5.74. The molecule has 0 atom stereocenters. The Balaban J connectivity index is 0.000000989. The van der Waals surface area contributed by atoms with Crippen molar-refractivity contribution in [1.82, 2.24) is 14.9 Å². The van der Waals surface area contributed by atoms with E-state index in [1.807, 2.05) is 13.8 Å². The van der Waals surface area contributed by atoms with Crippen LogP contribution < -0.4 is 10.1 Å². The molecule has 0 bridgehead atoms. The first-order valence-corrected chi connectivity index (χ1v) is 9.39. The Bertz CT molecular complexity index is 766. The Labute approximate surface area is 167 Å². The quantitative estimate of drug-likeness (QED) is 0.792. The average Bonchev–Trinajstić information content (AvgIpc) is 2.74. The van der Waals surface area contributed by atoms with Gasteiger partial charge < -0.3 is 20.1 Å². The zero-order valence-electron chi connectivity index (χ0n) is 16.8. The number of nitrogens with one attached hydrogen (secondary N) is 1. The van der Waals surface area contributed by atoms with E-state index in [-0.39, 0.29) is 18.2 Å². The number of carbonyl (C=O) groups excluding carboxylic acids is 1. The number of nitrogens with zero attached hydrogens (tertiary/aromatic N) is 3. The molecule has 162 valence electrons. The van der Waals surface area contributed by atoms with Crippen molar-refractivity contribution in [3.8, 4) is 5.75 Å². The average molecular weight is 416 g/mol. The highest BCUT2D eigenvalue weighted by Gasteiger charge is 2.31. The van der Waals surface area contributed by atoms with Crippen molar-refractivity contribution in [1.29, 1.82) is 0 Å². The molecule has 1 fully saturated rings. The van der Waals surface area contributed by atoms with Gasteiger partial charge in [-0.1, -0.05) is 13.8 Å². The Morgan fingerprint density at radius 3 is 2.45 bits per heavy atom. The number of aliphatic hydroxyl groups is 1. The summed E-state index contributed by atoms with van der Waals surface area (Å²) >= 11 is 0. The Kier molecular flexibility index (Phi) is 10.1. The third-order valence-electron chi connectivity index (χ3n) is 3.96. The van der Waals surface area contributed by atoms with Gasteiger partial charge in [0.15, 0.2) is 0 Å². The highest BCUT2D eigenvalue weighted by atomic mass is 19.4. The van der Waals surface area contributed by atoms with E-state index in [0.29, 0.717) is 16.7 Å². The summed E-state index contributed by atoms with van der Waals surface area (Å²) in [6.07, 6.45) is -0.388. The number of amides is 1. The molecule has 1 amide bonds. The number of hydrogen-bond donors (Lipinski definition) is 2. The molecule has 1 saturated heterocycles. The first-order chi connectivity index (χ1) is 13.9. The minimum absolute atomic E-state index is 0.0245. The van der Waals surface area contributed by atoms with Crippen LogP contribution in [0.3, 0.4) is 0 Å². The summed E-state index contributed by atoms with van der Waals surface area (Å²) in [6, 6.07) is 3.81. The molecule has 0 saturated carbocycles. The second-order valence-electron chi connectivity index (χ2n) is 5.74. The van der Waals surface area contributed by atoms with Crippen LogP contribution in [0.1, 0.15) is 33.1 Å². The van der Waals surface area contributed by atoms with Crippen LogP contribution in [0.2, 0.25) is 0 Å². The Morgan fingerprint density at radius 1 is 1.17 bits per heavy atom. The third kappa shape index (κ3) is 7.72. The van der Waals surface area contributed by atoms with Crippen molar-refractivity contribution in [2.75, 3.05) is 32.1 Å². The number of alkyl halides is 3. The van der Waals surface area contributed by atoms with E-state index >= 15 is 0 Å². The molecule has 2 N–H and O–H groups in total. The van der Waals surface area contributed by atoms with Crippen LogP contribution in [0.4, 0.5) is 19.0 Å². The van der Waals surface area contributed by atoms with Gasteiger partial charge in [-0.2, -0.15) is 0 Å². The van der Waals surface area contributed by atoms with Gasteiger partial charge in [0, 0.05) is 31.7 Å². The van der Waals surface area contributed by atoms with Crippen molar-refractivity contribution >= 4 is 22.6 Å². The van der Waals surface area contributed by atoms with Gasteiger partial charge in [-0.15, -0.1) is 13.2 Å². The zero-order valence-corrected chi connectivity index (χ0v) is 16.8. The van der Waals surface area contributed by atoms with E-state index in [2.05, 4.69) is 20.0 Å². The van der Waals surface area contributed by atoms with Crippen molar-refractivity contribution in [3.05, 3.63) is 24.5 Å². The van der Waals surface area contributed by atoms with E-state index in [4.69, 9.17) is 5.11 Å². The van der Waals surface area contributed by atoms with Crippen LogP contribution in [0.5, 0.6) is 5.75 Å². The zero-order chi connectivity index (χ0) is 21.9. The molecular weight excluding hydrogens is 389 g/mol. The summed E-state index contributed by atoms with van der Waals surface area (Å²) in [7, 11) is 1.00. The molecule has 29 heavy (non-hydrogen) atoms. The van der Waals surface area contributed by atoms with Crippen LogP contribution in [-0.2, 0) is 4.79 Å². The van der Waals surface area contributed by atoms with Gasteiger partial charge in [0.25, 0.3) is 0 Å². The third-order valence-corrected chi connectivity index (χ3v) is 3.96. The molecular formula is C19H27F3N4O3. The number of rotatable bonds is 4. The maximum Gasteiger partial charge on any atom is 0.573 e. The SMILES string of the molecule is CC.CO.O=C(CNc1ncnc2cc(OC(F)(F)F)ccc12)N1CCCCC1. The maximum atomic E-state index is 12.3. The van der Waals surface area contributed by atoms with Gasteiger partial charge in [0.2, 0.25) is 5.91 Å². The number of piperidine rings is 1. The summed E-state index contributed by atoms with van der Waals surface area (Å²) < 4.78 is 40.8. The van der Waals surface area contributed by atoms with Crippen molar-refractivity contribution < 1.29 is 27.8 Å². The van der Waals surface area contributed by atoms with Crippen molar-refractivity contribution in [3.63, 3.8) is 0 Å². The number of ether oxygens (including phenoxy) is 1. The molecule has 7 nitrogen and oxygen atoms in total. The van der Waals surface area contributed by atoms with Crippen molar-refractivity contribution in [2.45, 2.75) is 39.5 Å². The van der Waals surface area contributed by atoms with Gasteiger partial charge in [-0.3, -0.25) is 4.79 Å². The van der Waals surface area contributed by atoms with E-state index in [1.165, 1.54) is 24.5 Å². The molecule has 1 aliphatic rings. The lowest BCUT2D eigenvalue weighted by Crippen LogP contribution is -2.39. The maximum absolute atomic E-state index is 12.3. The number of aliphatic hydroxyl groups excluding tert-OH is 1. The Morgan fingerprint density at radius 2 is 1.83 bits per heavy atom. The standard InChI is InChI=1S/C16H17F3N4O2.C2H6.CH4O/c17-16(18,19)25-11-4-5-12-13(8-11)21-10-22-15(12)20-9-14(24)23-6-2-1-3-7-23;2*1-2/h4-5,8,10H,1-3,6-7,9H2,(H,20,21,22);1-2H3;2H,1H3. The molecule has 2 aromatic rings. The minimum Gasteiger partial charge on any atom is -0.406 e. The van der Waals surface area contributed by atoms with Crippen LogP contribution in [0.15, 0.2) is 24.5 Å². The van der Waals surface area contributed by atoms with Crippen LogP contribution >= 0.6 is 0 Å². The van der Waals surface area contributed by atoms with Crippen molar-refractivity contribution in [2.24, 2.45) is 0 Å². The van der Waals surface area contributed by atoms with Crippen LogP contribution in [0.25, 0.3) is 10.9 Å². The van der Waals surface area contributed by atoms with Gasteiger partial charge in [0.1, 0.15) is 17.9 Å². The lowest BCUT2D eigenvalue weighted by molar-refractivity contribution is -0.274. The van der Waals surface area contributed by atoms with E-state index in [9.17, 15) is 18.0 Å². The van der Waals surface area contributed by atoms with Gasteiger partial charge in [-0.05, 0) is 31.4 Å². The fourth-order valence-corrected chi connectivity index (χ4v) is 2.79. The number of fused-ring (bicyclic) bond motifs is 1. The Hall–Kier alpha value is -2.62. The lowest BCUT2D eigenvalue weighted by atomic mass is 10.1. The van der Waals surface area contributed by atoms with Gasteiger partial charge in [0.05, 0.1) is 12.1 Å². The van der Waals surface area contributed by atoms with E-state index < -0.39 is 6.36 Å². The predicted molar refractivity (Wildman–Crippen MR) is 105 cm³/mol. The molecule has 0 spiro atoms. The van der Waals surface area contributed by atoms with E-state index in [0.717, 1.165) is 39.5 Å². The number of likely N-dealkylation sites (tertiary alicyclic amines) is 1. The number of halogens is 3. The molecule has 1 aliphatic heterocycles. The summed E-state index contributed by atoms with van der Waals surface area (Å²) in [5.41, 5.74) is 0.296. The number of aromatic nitrogens is 2. The van der Waals surface area contributed by atoms with Crippen LogP contribution in [-0.4, -0.2) is 59.0 Å². The normalized spacial score (nSPS) is 13.6. The predicted octanol–water partition coefficient (Wildman–Crippen LogP) is 3.59. The number of hydrogen-bond acceptors (Lipinski definition) is 6. The van der Waals surface area contributed by atoms with Gasteiger partial charge in [-0.25, -0.2) is 9.97 Å². The summed E-state index contributed by atoms with van der Waals surface area (Å²) in [5.74, 6) is 0.0199. The molecule has 0 aliphatic carbocycles. The molecule has 10 heteroatoms. The fourth-order valence-electron chi connectivity index (χ4n) is 2.79. The largest absolute Gasteiger partial charge is 0.573 e. The molecule has 1 aromatic carbocycles. The monoisotopic (exact) mass is 416 g/mol.